The number of aryl methyl sites for hydroxylation is 1. The molecule has 1 aliphatic heterocycles. The summed E-state index contributed by atoms with van der Waals surface area (Å²) >= 11 is 0. The molecule has 1 aliphatic rings. The molecule has 0 saturated carbocycles. The normalized spacial score (nSPS) is 21.4. The van der Waals surface area contributed by atoms with Crippen molar-refractivity contribution in [1.82, 2.24) is 10.3 Å². The fourth-order valence-corrected chi connectivity index (χ4v) is 2.55. The number of aromatic nitrogens is 1. The highest BCUT2D eigenvalue weighted by Crippen LogP contribution is 2.24. The molecular weight excluding hydrogens is 254 g/mol. The molecule has 1 aromatic rings. The monoisotopic (exact) mass is 277 g/mol. The quantitative estimate of drug-likeness (QED) is 0.884. The first-order valence-electron chi connectivity index (χ1n) is 7.11. The summed E-state index contributed by atoms with van der Waals surface area (Å²) in [6.45, 7) is 6.76. The van der Waals surface area contributed by atoms with Crippen LogP contribution in [0.1, 0.15) is 49.7 Å². The van der Waals surface area contributed by atoms with Gasteiger partial charge in [-0.25, -0.2) is 4.98 Å². The molecule has 2 rings (SSSR count). The Morgan fingerprint density at radius 2 is 2.30 bits per heavy atom. The molecule has 0 aromatic carbocycles. The maximum Gasteiger partial charge on any atom is 0.251 e. The van der Waals surface area contributed by atoms with E-state index in [9.17, 15) is 4.79 Å². The topological polar surface area (TPSA) is 77.2 Å². The molecule has 5 nitrogen and oxygen atoms in total. The number of carbonyl (C=O) groups is 1. The van der Waals surface area contributed by atoms with Gasteiger partial charge in [0.2, 0.25) is 0 Å². The Labute approximate surface area is 119 Å². The molecular formula is C15H23N3O2. The average molecular weight is 277 g/mol. The molecule has 1 unspecified atom stereocenters. The summed E-state index contributed by atoms with van der Waals surface area (Å²) in [7, 11) is 0. The van der Waals surface area contributed by atoms with Crippen molar-refractivity contribution in [3.8, 4) is 0 Å². The van der Waals surface area contributed by atoms with Crippen molar-refractivity contribution in [3.63, 3.8) is 0 Å². The Hall–Kier alpha value is -1.62. The SMILES string of the molecule is CCc1cc(C(=O)NC2CCOC(C)(C)C2)cc(N)n1. The van der Waals surface area contributed by atoms with Crippen LogP contribution < -0.4 is 11.1 Å². The van der Waals surface area contributed by atoms with Crippen LogP contribution in [0.5, 0.6) is 0 Å². The molecule has 1 amide bonds. The van der Waals surface area contributed by atoms with Crippen LogP contribution in [0.4, 0.5) is 5.82 Å². The Morgan fingerprint density at radius 1 is 1.55 bits per heavy atom. The molecule has 0 bridgehead atoms. The van der Waals surface area contributed by atoms with Crippen LogP contribution in [-0.4, -0.2) is 29.1 Å². The van der Waals surface area contributed by atoms with Crippen LogP contribution in [0.2, 0.25) is 0 Å². The molecule has 1 saturated heterocycles. The van der Waals surface area contributed by atoms with Gasteiger partial charge in [0.25, 0.3) is 5.91 Å². The van der Waals surface area contributed by atoms with Crippen LogP contribution >= 0.6 is 0 Å². The molecule has 1 atom stereocenters. The van der Waals surface area contributed by atoms with Crippen LogP contribution in [0.3, 0.4) is 0 Å². The van der Waals surface area contributed by atoms with Gasteiger partial charge in [0.05, 0.1) is 5.60 Å². The molecule has 0 radical (unpaired) electrons. The highest BCUT2D eigenvalue weighted by atomic mass is 16.5. The molecule has 0 aliphatic carbocycles. The highest BCUT2D eigenvalue weighted by molar-refractivity contribution is 5.95. The van der Waals surface area contributed by atoms with Crippen LogP contribution in [0, 0.1) is 0 Å². The summed E-state index contributed by atoms with van der Waals surface area (Å²) in [5.74, 6) is 0.304. The average Bonchev–Trinajstić information content (AvgIpc) is 2.36. The predicted molar refractivity (Wildman–Crippen MR) is 78.5 cm³/mol. The van der Waals surface area contributed by atoms with E-state index in [2.05, 4.69) is 10.3 Å². The lowest BCUT2D eigenvalue weighted by Crippen LogP contribution is -2.45. The Morgan fingerprint density at radius 3 is 2.95 bits per heavy atom. The van der Waals surface area contributed by atoms with E-state index in [0.717, 1.165) is 25.0 Å². The van der Waals surface area contributed by atoms with Crippen molar-refractivity contribution in [2.45, 2.75) is 51.7 Å². The first kappa shape index (κ1) is 14.8. The van der Waals surface area contributed by atoms with Gasteiger partial charge in [-0.3, -0.25) is 4.79 Å². The smallest absolute Gasteiger partial charge is 0.251 e. The third-order valence-corrected chi connectivity index (χ3v) is 3.55. The molecule has 5 heteroatoms. The van der Waals surface area contributed by atoms with Crippen molar-refractivity contribution in [3.05, 3.63) is 23.4 Å². The molecule has 0 spiro atoms. The van der Waals surface area contributed by atoms with E-state index in [-0.39, 0.29) is 17.6 Å². The number of pyridine rings is 1. The predicted octanol–water partition coefficient (Wildman–Crippen LogP) is 1.91. The second kappa shape index (κ2) is 5.79. The van der Waals surface area contributed by atoms with Crippen LogP contribution in [-0.2, 0) is 11.2 Å². The number of nitrogen functional groups attached to an aromatic ring is 1. The van der Waals surface area contributed by atoms with E-state index in [1.54, 1.807) is 12.1 Å². The van der Waals surface area contributed by atoms with Gasteiger partial charge in [-0.05, 0) is 45.2 Å². The zero-order valence-electron chi connectivity index (χ0n) is 12.4. The summed E-state index contributed by atoms with van der Waals surface area (Å²) in [5, 5.41) is 3.07. The number of nitrogens with two attached hydrogens (primary N) is 1. The summed E-state index contributed by atoms with van der Waals surface area (Å²) in [4.78, 5) is 16.5. The van der Waals surface area contributed by atoms with Gasteiger partial charge in [0, 0.05) is 23.9 Å². The fourth-order valence-electron chi connectivity index (χ4n) is 2.55. The van der Waals surface area contributed by atoms with Gasteiger partial charge in [-0.1, -0.05) is 6.92 Å². The van der Waals surface area contributed by atoms with Gasteiger partial charge in [0.1, 0.15) is 5.82 Å². The summed E-state index contributed by atoms with van der Waals surface area (Å²) in [5.41, 5.74) is 6.98. The van der Waals surface area contributed by atoms with E-state index in [1.165, 1.54) is 0 Å². The molecule has 2 heterocycles. The van der Waals surface area contributed by atoms with E-state index < -0.39 is 0 Å². The molecule has 20 heavy (non-hydrogen) atoms. The summed E-state index contributed by atoms with van der Waals surface area (Å²) in [6.07, 6.45) is 2.42. The Kier molecular flexibility index (Phi) is 4.28. The van der Waals surface area contributed by atoms with Gasteiger partial charge < -0.3 is 15.8 Å². The minimum atomic E-state index is -0.179. The van der Waals surface area contributed by atoms with Crippen molar-refractivity contribution in [1.29, 1.82) is 0 Å². The third kappa shape index (κ3) is 3.70. The summed E-state index contributed by atoms with van der Waals surface area (Å²) < 4.78 is 5.66. The zero-order valence-corrected chi connectivity index (χ0v) is 12.4. The summed E-state index contributed by atoms with van der Waals surface area (Å²) in [6, 6.07) is 3.57. The van der Waals surface area contributed by atoms with Gasteiger partial charge in [0.15, 0.2) is 0 Å². The maximum atomic E-state index is 12.3. The molecule has 1 aromatic heterocycles. The van der Waals surface area contributed by atoms with Crippen LogP contribution in [0.15, 0.2) is 12.1 Å². The lowest BCUT2D eigenvalue weighted by atomic mass is 9.94. The van der Waals surface area contributed by atoms with Crippen molar-refractivity contribution < 1.29 is 9.53 Å². The number of carbonyl (C=O) groups excluding carboxylic acids is 1. The van der Waals surface area contributed by atoms with Crippen molar-refractivity contribution in [2.24, 2.45) is 0 Å². The number of hydrogen-bond donors (Lipinski definition) is 2. The number of anilines is 1. The second-order valence-electron chi connectivity index (χ2n) is 5.90. The first-order valence-corrected chi connectivity index (χ1v) is 7.11. The van der Waals surface area contributed by atoms with Gasteiger partial charge in [-0.2, -0.15) is 0 Å². The zero-order chi connectivity index (χ0) is 14.8. The number of nitrogens with one attached hydrogen (secondary N) is 1. The molecule has 3 N–H and O–H groups in total. The number of hydrogen-bond acceptors (Lipinski definition) is 4. The van der Waals surface area contributed by atoms with Gasteiger partial charge in [-0.15, -0.1) is 0 Å². The van der Waals surface area contributed by atoms with Crippen LogP contribution in [0.25, 0.3) is 0 Å². The van der Waals surface area contributed by atoms with Crippen molar-refractivity contribution >= 4 is 11.7 Å². The molecule has 1 fully saturated rings. The highest BCUT2D eigenvalue weighted by Gasteiger charge is 2.29. The minimum absolute atomic E-state index is 0.0866. The lowest BCUT2D eigenvalue weighted by Gasteiger charge is -2.35. The number of ether oxygens (including phenoxy) is 1. The second-order valence-corrected chi connectivity index (χ2v) is 5.90. The maximum absolute atomic E-state index is 12.3. The number of amides is 1. The van der Waals surface area contributed by atoms with E-state index in [1.807, 2.05) is 20.8 Å². The van der Waals surface area contributed by atoms with Gasteiger partial charge >= 0.3 is 0 Å². The number of nitrogens with zero attached hydrogens (tertiary/aromatic N) is 1. The Balaban J connectivity index is 2.06. The number of rotatable bonds is 3. The largest absolute Gasteiger partial charge is 0.384 e. The third-order valence-electron chi connectivity index (χ3n) is 3.55. The lowest BCUT2D eigenvalue weighted by molar-refractivity contribution is -0.0615. The van der Waals surface area contributed by atoms with E-state index >= 15 is 0 Å². The minimum Gasteiger partial charge on any atom is -0.384 e. The first-order chi connectivity index (χ1) is 9.39. The standard InChI is InChI=1S/C15H23N3O2/c1-4-11-7-10(8-13(16)17-11)14(19)18-12-5-6-20-15(2,3)9-12/h7-8,12H,4-6,9H2,1-3H3,(H2,16,17)(H,18,19). The van der Waals surface area contributed by atoms with E-state index in [4.69, 9.17) is 10.5 Å². The fraction of sp³-hybridized carbons (Fsp3) is 0.600. The Bertz CT molecular complexity index is 500. The van der Waals surface area contributed by atoms with E-state index in [0.29, 0.717) is 18.0 Å². The molecule has 110 valence electrons. The van der Waals surface area contributed by atoms with Crippen molar-refractivity contribution in [2.75, 3.05) is 12.3 Å².